The second-order valence-electron chi connectivity index (χ2n) is 5.59. The van der Waals surface area contributed by atoms with Crippen molar-refractivity contribution in [2.45, 2.75) is 6.54 Å². The van der Waals surface area contributed by atoms with Gasteiger partial charge in [0.1, 0.15) is 0 Å². The Labute approximate surface area is 136 Å². The molecule has 0 bridgehead atoms. The Morgan fingerprint density at radius 3 is 2.48 bits per heavy atom. The first-order chi connectivity index (χ1) is 11.0. The minimum absolute atomic E-state index is 0.559. The Morgan fingerprint density at radius 2 is 1.78 bits per heavy atom. The van der Waals surface area contributed by atoms with Crippen molar-refractivity contribution in [2.75, 3.05) is 18.8 Å². The number of nitrogens with zero attached hydrogens (tertiary/aromatic N) is 2. The normalized spacial score (nSPS) is 12.0. The Morgan fingerprint density at radius 1 is 1.04 bits per heavy atom. The number of hydrogen-bond acceptors (Lipinski definition) is 2. The fourth-order valence-electron chi connectivity index (χ4n) is 2.42. The molecule has 0 atom stereocenters. The van der Waals surface area contributed by atoms with E-state index in [1.807, 2.05) is 42.6 Å². The number of fused-ring (bicyclic) bond motifs is 1. The maximum absolute atomic E-state index is 11.9. The van der Waals surface area contributed by atoms with Gasteiger partial charge in [-0.25, -0.2) is 0 Å². The summed E-state index contributed by atoms with van der Waals surface area (Å²) >= 11 is 0. The lowest BCUT2D eigenvalue weighted by Crippen LogP contribution is -2.28. The van der Waals surface area contributed by atoms with Crippen molar-refractivity contribution >= 4 is 26.8 Å². The van der Waals surface area contributed by atoms with Gasteiger partial charge in [0.15, 0.2) is 0 Å². The third-order valence-corrected chi connectivity index (χ3v) is 5.15. The van der Waals surface area contributed by atoms with Gasteiger partial charge in [-0.3, -0.25) is 4.72 Å². The van der Waals surface area contributed by atoms with Crippen LogP contribution in [0.4, 0.5) is 5.69 Å². The molecule has 23 heavy (non-hydrogen) atoms. The van der Waals surface area contributed by atoms with Crippen molar-refractivity contribution in [1.82, 2.24) is 8.87 Å². The molecule has 2 aromatic carbocycles. The summed E-state index contributed by atoms with van der Waals surface area (Å²) < 4.78 is 29.6. The Kier molecular flexibility index (Phi) is 4.11. The average molecular weight is 329 g/mol. The summed E-state index contributed by atoms with van der Waals surface area (Å²) in [7, 11) is -0.491. The van der Waals surface area contributed by atoms with Crippen molar-refractivity contribution in [2.24, 2.45) is 0 Å². The van der Waals surface area contributed by atoms with Crippen molar-refractivity contribution < 1.29 is 8.42 Å². The summed E-state index contributed by atoms with van der Waals surface area (Å²) in [4.78, 5) is 0. The highest BCUT2D eigenvalue weighted by Crippen LogP contribution is 2.22. The molecule has 0 aliphatic rings. The van der Waals surface area contributed by atoms with Crippen LogP contribution in [0.15, 0.2) is 60.8 Å². The summed E-state index contributed by atoms with van der Waals surface area (Å²) in [6.45, 7) is 0.785. The summed E-state index contributed by atoms with van der Waals surface area (Å²) in [5.41, 5.74) is 2.85. The highest BCUT2D eigenvalue weighted by molar-refractivity contribution is 7.90. The maximum Gasteiger partial charge on any atom is 0.301 e. The van der Waals surface area contributed by atoms with Crippen molar-refractivity contribution in [3.05, 3.63) is 66.4 Å². The van der Waals surface area contributed by atoms with Gasteiger partial charge in [0, 0.05) is 37.7 Å². The lowest BCUT2D eigenvalue weighted by Gasteiger charge is -2.13. The lowest BCUT2D eigenvalue weighted by atomic mass is 10.2. The molecule has 3 rings (SSSR count). The van der Waals surface area contributed by atoms with E-state index in [1.54, 1.807) is 6.07 Å². The first kappa shape index (κ1) is 15.6. The van der Waals surface area contributed by atoms with E-state index in [0.717, 1.165) is 21.8 Å². The van der Waals surface area contributed by atoms with Gasteiger partial charge in [-0.15, -0.1) is 0 Å². The Hall–Kier alpha value is -2.31. The number of benzene rings is 2. The molecule has 0 amide bonds. The second-order valence-corrected chi connectivity index (χ2v) is 7.48. The van der Waals surface area contributed by atoms with E-state index in [-0.39, 0.29) is 0 Å². The van der Waals surface area contributed by atoms with Crippen LogP contribution in [0.25, 0.3) is 10.9 Å². The van der Waals surface area contributed by atoms with Crippen LogP contribution in [0, 0.1) is 0 Å². The molecule has 120 valence electrons. The zero-order chi connectivity index (χ0) is 16.4. The molecule has 0 aliphatic heterocycles. The number of anilines is 1. The lowest BCUT2D eigenvalue weighted by molar-refractivity contribution is 0.527. The third kappa shape index (κ3) is 3.38. The predicted octanol–water partition coefficient (Wildman–Crippen LogP) is 2.91. The van der Waals surface area contributed by atoms with Crippen LogP contribution in [0.5, 0.6) is 0 Å². The average Bonchev–Trinajstić information content (AvgIpc) is 2.90. The number of rotatable bonds is 5. The monoisotopic (exact) mass is 329 g/mol. The largest absolute Gasteiger partial charge is 0.343 e. The quantitative estimate of drug-likeness (QED) is 0.782. The van der Waals surface area contributed by atoms with Crippen molar-refractivity contribution in [3.8, 4) is 0 Å². The smallest absolute Gasteiger partial charge is 0.301 e. The van der Waals surface area contributed by atoms with Crippen LogP contribution in [-0.4, -0.2) is 31.4 Å². The summed E-state index contributed by atoms with van der Waals surface area (Å²) in [5.74, 6) is 0. The zero-order valence-corrected chi connectivity index (χ0v) is 13.9. The molecule has 0 saturated carbocycles. The van der Waals surface area contributed by atoms with E-state index in [9.17, 15) is 8.42 Å². The fourth-order valence-corrected chi connectivity index (χ4v) is 3.03. The molecule has 1 heterocycles. The van der Waals surface area contributed by atoms with Crippen molar-refractivity contribution in [1.29, 1.82) is 0 Å². The summed E-state index contributed by atoms with van der Waals surface area (Å²) in [6, 6.07) is 17.8. The SMILES string of the molecule is CN(C)S(=O)(=O)Nc1ccc2c(ccn2Cc2ccccc2)c1. The highest BCUT2D eigenvalue weighted by atomic mass is 32.2. The van der Waals surface area contributed by atoms with Gasteiger partial charge in [0.2, 0.25) is 0 Å². The van der Waals surface area contributed by atoms with E-state index >= 15 is 0 Å². The fraction of sp³-hybridized carbons (Fsp3) is 0.176. The molecular weight excluding hydrogens is 310 g/mol. The molecule has 0 aliphatic carbocycles. The van der Waals surface area contributed by atoms with Crippen LogP contribution in [0.1, 0.15) is 5.56 Å². The second kappa shape index (κ2) is 6.06. The van der Waals surface area contributed by atoms with Crippen LogP contribution in [-0.2, 0) is 16.8 Å². The standard InChI is InChI=1S/C17H19N3O2S/c1-19(2)23(21,22)18-16-8-9-17-15(12-16)10-11-20(17)13-14-6-4-3-5-7-14/h3-12,18H,13H2,1-2H3. The molecular formula is C17H19N3O2S. The Balaban J connectivity index is 1.89. The zero-order valence-electron chi connectivity index (χ0n) is 13.1. The molecule has 0 saturated heterocycles. The maximum atomic E-state index is 11.9. The molecule has 6 heteroatoms. The molecule has 0 radical (unpaired) electrons. The first-order valence-corrected chi connectivity index (χ1v) is 8.73. The minimum atomic E-state index is -3.49. The number of hydrogen-bond donors (Lipinski definition) is 1. The molecule has 0 unspecified atom stereocenters. The van der Waals surface area contributed by atoms with Crippen LogP contribution in [0.3, 0.4) is 0 Å². The van der Waals surface area contributed by atoms with Crippen molar-refractivity contribution in [3.63, 3.8) is 0 Å². The number of aromatic nitrogens is 1. The van der Waals surface area contributed by atoms with E-state index in [0.29, 0.717) is 5.69 Å². The van der Waals surface area contributed by atoms with Gasteiger partial charge in [0.05, 0.1) is 5.69 Å². The van der Waals surface area contributed by atoms with Gasteiger partial charge in [-0.1, -0.05) is 30.3 Å². The molecule has 0 fully saturated rings. The van der Waals surface area contributed by atoms with Crippen LogP contribution < -0.4 is 4.72 Å². The van der Waals surface area contributed by atoms with E-state index in [4.69, 9.17) is 0 Å². The molecule has 1 N–H and O–H groups in total. The molecule has 5 nitrogen and oxygen atoms in total. The molecule has 1 aromatic heterocycles. The van der Waals surface area contributed by atoms with Gasteiger partial charge < -0.3 is 4.57 Å². The van der Waals surface area contributed by atoms with Crippen LogP contribution >= 0.6 is 0 Å². The van der Waals surface area contributed by atoms with Gasteiger partial charge >= 0.3 is 10.2 Å². The van der Waals surface area contributed by atoms with Gasteiger partial charge in [-0.05, 0) is 29.8 Å². The van der Waals surface area contributed by atoms with Gasteiger partial charge in [-0.2, -0.15) is 12.7 Å². The topological polar surface area (TPSA) is 54.3 Å². The van der Waals surface area contributed by atoms with E-state index < -0.39 is 10.2 Å². The highest BCUT2D eigenvalue weighted by Gasteiger charge is 2.13. The van der Waals surface area contributed by atoms with Gasteiger partial charge in [0.25, 0.3) is 0 Å². The van der Waals surface area contributed by atoms with Crippen LogP contribution in [0.2, 0.25) is 0 Å². The third-order valence-electron chi connectivity index (χ3n) is 3.69. The summed E-state index contributed by atoms with van der Waals surface area (Å²) in [6.07, 6.45) is 2.02. The molecule has 0 spiro atoms. The minimum Gasteiger partial charge on any atom is -0.343 e. The predicted molar refractivity (Wildman–Crippen MR) is 93.7 cm³/mol. The Bertz CT molecular complexity index is 915. The van der Waals surface area contributed by atoms with E-state index in [1.165, 1.54) is 19.7 Å². The first-order valence-electron chi connectivity index (χ1n) is 7.29. The summed E-state index contributed by atoms with van der Waals surface area (Å²) in [5, 5.41) is 1.000. The molecule has 3 aromatic rings. The van der Waals surface area contributed by atoms with E-state index in [2.05, 4.69) is 21.4 Å². The number of nitrogens with one attached hydrogen (secondary N) is 1.